The second-order valence-corrected chi connectivity index (χ2v) is 7.40. The van der Waals surface area contributed by atoms with Gasteiger partial charge in [-0.3, -0.25) is 4.79 Å². The Morgan fingerprint density at radius 2 is 2.03 bits per heavy atom. The molecule has 0 radical (unpaired) electrons. The lowest BCUT2D eigenvalue weighted by molar-refractivity contribution is -0.149. The molecule has 0 bridgehead atoms. The molecule has 1 aliphatic rings. The van der Waals surface area contributed by atoms with Crippen molar-refractivity contribution in [2.24, 2.45) is 0 Å². The minimum absolute atomic E-state index is 0.103. The van der Waals surface area contributed by atoms with Crippen LogP contribution in [0.2, 0.25) is 0 Å². The van der Waals surface area contributed by atoms with Crippen LogP contribution >= 0.6 is 0 Å². The van der Waals surface area contributed by atoms with Gasteiger partial charge in [0.25, 0.3) is 0 Å². The van der Waals surface area contributed by atoms with Crippen molar-refractivity contribution in [1.82, 2.24) is 0 Å². The van der Waals surface area contributed by atoms with Crippen molar-refractivity contribution >= 4 is 11.9 Å². The molecule has 0 amide bonds. The molecule has 1 N–H and O–H groups in total. The quantitative estimate of drug-likeness (QED) is 0.318. The third-order valence-corrected chi connectivity index (χ3v) is 4.99. The number of hydrogen-bond acceptors (Lipinski definition) is 5. The van der Waals surface area contributed by atoms with E-state index in [9.17, 15) is 9.59 Å². The minimum Gasteiger partial charge on any atom is -0.478 e. The molecular weight excluding hydrogens is 372 g/mol. The number of unbranched alkanes of at least 4 members (excludes halogenated alkanes) is 2. The van der Waals surface area contributed by atoms with Gasteiger partial charge in [-0.25, -0.2) is 4.79 Å². The number of esters is 1. The second kappa shape index (κ2) is 12.4. The van der Waals surface area contributed by atoms with E-state index in [0.717, 1.165) is 37.3 Å². The van der Waals surface area contributed by atoms with E-state index in [0.29, 0.717) is 19.4 Å². The number of benzene rings is 1. The minimum atomic E-state index is -1.01. The first kappa shape index (κ1) is 23.1. The van der Waals surface area contributed by atoms with E-state index in [1.807, 2.05) is 30.3 Å². The van der Waals surface area contributed by atoms with Gasteiger partial charge in [-0.1, -0.05) is 62.6 Å². The summed E-state index contributed by atoms with van der Waals surface area (Å²) in [6.07, 6.45) is 6.65. The first-order chi connectivity index (χ1) is 14.0. The molecule has 160 valence electrons. The number of rotatable bonds is 12. The number of carboxylic acids is 1. The summed E-state index contributed by atoms with van der Waals surface area (Å²) in [5.41, 5.74) is 1.10. The van der Waals surface area contributed by atoms with Crippen LogP contribution in [-0.2, 0) is 30.4 Å². The van der Waals surface area contributed by atoms with Crippen molar-refractivity contribution in [2.45, 2.75) is 83.4 Å². The SMILES string of the molecule is CCCCCC(OCc1ccccc1)[C@H]1C[C@@H](OC(C)=O)[C@H](C/C=C/C(=O)O)O1. The average molecular weight is 405 g/mol. The monoisotopic (exact) mass is 404 g/mol. The Bertz CT molecular complexity index is 657. The maximum absolute atomic E-state index is 11.5. The van der Waals surface area contributed by atoms with Crippen LogP contribution < -0.4 is 0 Å². The third kappa shape index (κ3) is 8.38. The Balaban J connectivity index is 2.04. The maximum Gasteiger partial charge on any atom is 0.327 e. The maximum atomic E-state index is 11.5. The molecule has 2 rings (SSSR count). The summed E-state index contributed by atoms with van der Waals surface area (Å²) in [6, 6.07) is 10.00. The molecule has 29 heavy (non-hydrogen) atoms. The summed E-state index contributed by atoms with van der Waals surface area (Å²) < 4.78 is 17.9. The molecule has 1 aliphatic heterocycles. The Morgan fingerprint density at radius 3 is 2.69 bits per heavy atom. The highest BCUT2D eigenvalue weighted by Gasteiger charge is 2.40. The van der Waals surface area contributed by atoms with E-state index < -0.39 is 12.1 Å². The lowest BCUT2D eigenvalue weighted by Crippen LogP contribution is -2.29. The van der Waals surface area contributed by atoms with Crippen molar-refractivity contribution in [1.29, 1.82) is 0 Å². The van der Waals surface area contributed by atoms with Gasteiger partial charge < -0.3 is 19.3 Å². The van der Waals surface area contributed by atoms with Gasteiger partial charge in [-0.2, -0.15) is 0 Å². The van der Waals surface area contributed by atoms with Gasteiger partial charge in [0, 0.05) is 19.4 Å². The van der Waals surface area contributed by atoms with Gasteiger partial charge in [-0.15, -0.1) is 0 Å². The smallest absolute Gasteiger partial charge is 0.327 e. The van der Waals surface area contributed by atoms with E-state index in [2.05, 4.69) is 6.92 Å². The van der Waals surface area contributed by atoms with Gasteiger partial charge in [0.05, 0.1) is 24.9 Å². The fraction of sp³-hybridized carbons (Fsp3) is 0.565. The summed E-state index contributed by atoms with van der Waals surface area (Å²) in [5, 5.41) is 8.80. The summed E-state index contributed by atoms with van der Waals surface area (Å²) in [5.74, 6) is -1.37. The van der Waals surface area contributed by atoms with E-state index in [1.165, 1.54) is 6.92 Å². The summed E-state index contributed by atoms with van der Waals surface area (Å²) >= 11 is 0. The van der Waals surface area contributed by atoms with E-state index in [4.69, 9.17) is 19.3 Å². The molecular formula is C23H32O6. The Kier molecular flexibility index (Phi) is 9.88. The van der Waals surface area contributed by atoms with Crippen LogP contribution in [0.15, 0.2) is 42.5 Å². The molecule has 1 saturated heterocycles. The number of carbonyl (C=O) groups is 2. The third-order valence-electron chi connectivity index (χ3n) is 4.99. The Hall–Kier alpha value is -2.18. The first-order valence-corrected chi connectivity index (χ1v) is 10.4. The predicted octanol–water partition coefficient (Wildman–Crippen LogP) is 4.27. The van der Waals surface area contributed by atoms with Crippen LogP contribution in [0.4, 0.5) is 0 Å². The van der Waals surface area contributed by atoms with Crippen LogP contribution in [0, 0.1) is 0 Å². The number of ether oxygens (including phenoxy) is 3. The number of carboxylic acid groups (broad SMARTS) is 1. The molecule has 4 atom stereocenters. The first-order valence-electron chi connectivity index (χ1n) is 10.4. The molecule has 0 saturated carbocycles. The lowest BCUT2D eigenvalue weighted by atomic mass is 10.0. The topological polar surface area (TPSA) is 82.1 Å². The second-order valence-electron chi connectivity index (χ2n) is 7.40. The molecule has 1 aromatic rings. The number of carbonyl (C=O) groups excluding carboxylic acids is 1. The fourth-order valence-electron chi connectivity index (χ4n) is 3.58. The molecule has 1 aromatic carbocycles. The van der Waals surface area contributed by atoms with E-state index in [1.54, 1.807) is 6.08 Å². The standard InChI is InChI=1S/C23H32O6/c1-3-4-6-12-19(27-16-18-10-7-5-8-11-18)21-15-22(28-17(2)24)20(29-21)13-9-14-23(25)26/h5,7-11,14,19-22H,3-4,6,12-13,15-16H2,1-2H3,(H,25,26)/b14-9+/t19?,20-,21+,22+/m0/s1. The zero-order valence-electron chi connectivity index (χ0n) is 17.3. The summed E-state index contributed by atoms with van der Waals surface area (Å²) in [7, 11) is 0. The summed E-state index contributed by atoms with van der Waals surface area (Å²) in [6.45, 7) is 4.04. The van der Waals surface area contributed by atoms with E-state index >= 15 is 0 Å². The van der Waals surface area contributed by atoms with Crippen LogP contribution in [-0.4, -0.2) is 41.5 Å². The van der Waals surface area contributed by atoms with E-state index in [-0.39, 0.29) is 24.3 Å². The molecule has 6 heteroatoms. The Labute approximate surface area is 172 Å². The summed E-state index contributed by atoms with van der Waals surface area (Å²) in [4.78, 5) is 22.2. The van der Waals surface area contributed by atoms with Crippen LogP contribution in [0.1, 0.15) is 57.9 Å². The molecule has 0 aromatic heterocycles. The number of hydrogen-bond donors (Lipinski definition) is 1. The normalized spacial score (nSPS) is 22.6. The molecule has 6 nitrogen and oxygen atoms in total. The highest BCUT2D eigenvalue weighted by atomic mass is 16.6. The van der Waals surface area contributed by atoms with Crippen molar-refractivity contribution in [3.05, 3.63) is 48.0 Å². The largest absolute Gasteiger partial charge is 0.478 e. The lowest BCUT2D eigenvalue weighted by Gasteiger charge is -2.24. The average Bonchev–Trinajstić information content (AvgIpc) is 3.07. The van der Waals surface area contributed by atoms with Crippen LogP contribution in [0.3, 0.4) is 0 Å². The van der Waals surface area contributed by atoms with Gasteiger partial charge >= 0.3 is 11.9 Å². The highest BCUT2D eigenvalue weighted by molar-refractivity contribution is 5.79. The highest BCUT2D eigenvalue weighted by Crippen LogP contribution is 2.31. The van der Waals surface area contributed by atoms with Gasteiger partial charge in [0.15, 0.2) is 0 Å². The van der Waals surface area contributed by atoms with Gasteiger partial charge in [0.1, 0.15) is 6.10 Å². The molecule has 0 aliphatic carbocycles. The molecule has 0 spiro atoms. The van der Waals surface area contributed by atoms with Gasteiger partial charge in [0.2, 0.25) is 0 Å². The zero-order chi connectivity index (χ0) is 21.1. The Morgan fingerprint density at radius 1 is 1.28 bits per heavy atom. The molecule has 1 unspecified atom stereocenters. The van der Waals surface area contributed by atoms with Crippen LogP contribution in [0.5, 0.6) is 0 Å². The van der Waals surface area contributed by atoms with Crippen molar-refractivity contribution in [2.75, 3.05) is 0 Å². The van der Waals surface area contributed by atoms with Crippen molar-refractivity contribution in [3.63, 3.8) is 0 Å². The predicted molar refractivity (Wildman–Crippen MR) is 109 cm³/mol. The van der Waals surface area contributed by atoms with Crippen molar-refractivity contribution in [3.8, 4) is 0 Å². The van der Waals surface area contributed by atoms with Crippen molar-refractivity contribution < 1.29 is 28.9 Å². The number of aliphatic carboxylic acids is 1. The van der Waals surface area contributed by atoms with Gasteiger partial charge in [-0.05, 0) is 18.4 Å². The fourth-order valence-corrected chi connectivity index (χ4v) is 3.58. The molecule has 1 fully saturated rings. The van der Waals surface area contributed by atoms with Crippen LogP contribution in [0.25, 0.3) is 0 Å². The zero-order valence-corrected chi connectivity index (χ0v) is 17.3. The molecule has 1 heterocycles.